The highest BCUT2D eigenvalue weighted by molar-refractivity contribution is 6.62. The molecule has 0 spiro atoms. The summed E-state index contributed by atoms with van der Waals surface area (Å²) in [5.41, 5.74) is 3.02. The molecule has 19 heavy (non-hydrogen) atoms. The van der Waals surface area contributed by atoms with Gasteiger partial charge in [-0.15, -0.1) is 0 Å². The molecule has 0 amide bonds. The van der Waals surface area contributed by atoms with Crippen LogP contribution in [0.4, 0.5) is 0 Å². The highest BCUT2D eigenvalue weighted by atomic mass is 16.7. The number of fused-ring (bicyclic) bond motifs is 1. The number of ether oxygens (including phenoxy) is 1. The molecule has 3 rings (SSSR count). The topological polar surface area (TPSA) is 27.7 Å². The first-order valence-corrected chi connectivity index (χ1v) is 6.90. The second-order valence-corrected chi connectivity index (χ2v) is 6.50. The molecule has 4 heteroatoms. The van der Waals surface area contributed by atoms with Crippen LogP contribution in [-0.4, -0.2) is 18.3 Å². The van der Waals surface area contributed by atoms with Crippen molar-refractivity contribution in [2.45, 2.75) is 58.5 Å². The molecule has 0 saturated carbocycles. The van der Waals surface area contributed by atoms with Crippen molar-refractivity contribution >= 4 is 12.6 Å². The fourth-order valence-corrected chi connectivity index (χ4v) is 2.55. The van der Waals surface area contributed by atoms with E-state index in [0.717, 1.165) is 5.46 Å². The van der Waals surface area contributed by atoms with Crippen LogP contribution in [0.5, 0.6) is 0 Å². The van der Waals surface area contributed by atoms with Crippen LogP contribution in [0.25, 0.3) is 0 Å². The number of benzene rings is 1. The third kappa shape index (κ3) is 2.02. The molecule has 0 aliphatic carbocycles. The van der Waals surface area contributed by atoms with Gasteiger partial charge in [0.2, 0.25) is 0 Å². The van der Waals surface area contributed by atoms with E-state index in [4.69, 9.17) is 14.0 Å². The Balaban J connectivity index is 1.91. The zero-order valence-corrected chi connectivity index (χ0v) is 12.3. The molecule has 1 unspecified atom stereocenters. The molecule has 2 heterocycles. The van der Waals surface area contributed by atoms with Crippen molar-refractivity contribution in [3.63, 3.8) is 0 Å². The first kappa shape index (κ1) is 13.2. The summed E-state index contributed by atoms with van der Waals surface area (Å²) in [5, 5.41) is 0. The molecule has 102 valence electrons. The molecule has 0 bridgehead atoms. The first-order valence-electron chi connectivity index (χ1n) is 6.90. The van der Waals surface area contributed by atoms with Gasteiger partial charge in [-0.25, -0.2) is 0 Å². The van der Waals surface area contributed by atoms with Crippen molar-refractivity contribution in [1.29, 1.82) is 0 Å². The Morgan fingerprint density at radius 1 is 1.11 bits per heavy atom. The Morgan fingerprint density at radius 3 is 2.37 bits per heavy atom. The smallest absolute Gasteiger partial charge is 0.399 e. The van der Waals surface area contributed by atoms with Crippen molar-refractivity contribution in [1.82, 2.24) is 0 Å². The molecule has 1 atom stereocenters. The lowest BCUT2D eigenvalue weighted by molar-refractivity contribution is 0.00578. The highest BCUT2D eigenvalue weighted by Gasteiger charge is 2.51. The zero-order chi connectivity index (χ0) is 13.8. The van der Waals surface area contributed by atoms with Crippen LogP contribution in [0.2, 0.25) is 0 Å². The molecule has 0 radical (unpaired) electrons. The summed E-state index contributed by atoms with van der Waals surface area (Å²) in [5.74, 6) is 0. The maximum atomic E-state index is 6.08. The Labute approximate surface area is 115 Å². The fourth-order valence-electron chi connectivity index (χ4n) is 2.55. The van der Waals surface area contributed by atoms with Gasteiger partial charge in [-0.3, -0.25) is 0 Å². The van der Waals surface area contributed by atoms with E-state index in [-0.39, 0.29) is 24.4 Å². The van der Waals surface area contributed by atoms with E-state index in [9.17, 15) is 0 Å². The molecule has 0 N–H and O–H groups in total. The summed E-state index contributed by atoms with van der Waals surface area (Å²) < 4.78 is 17.8. The van der Waals surface area contributed by atoms with Crippen LogP contribution in [0.3, 0.4) is 0 Å². The van der Waals surface area contributed by atoms with Gasteiger partial charge in [-0.2, -0.15) is 0 Å². The molecule has 1 saturated heterocycles. The van der Waals surface area contributed by atoms with Crippen molar-refractivity contribution < 1.29 is 14.0 Å². The maximum absolute atomic E-state index is 6.08. The second-order valence-electron chi connectivity index (χ2n) is 6.50. The van der Waals surface area contributed by atoms with Crippen molar-refractivity contribution in [3.05, 3.63) is 29.3 Å². The van der Waals surface area contributed by atoms with Gasteiger partial charge in [0, 0.05) is 0 Å². The average molecular weight is 260 g/mol. The minimum Gasteiger partial charge on any atom is -0.399 e. The summed E-state index contributed by atoms with van der Waals surface area (Å²) in [6.07, 6.45) is 0.164. The summed E-state index contributed by atoms with van der Waals surface area (Å²) >= 11 is 0. The first-order chi connectivity index (χ1) is 8.80. The van der Waals surface area contributed by atoms with Crippen LogP contribution in [0.1, 0.15) is 51.8 Å². The largest absolute Gasteiger partial charge is 0.494 e. The molecular formula is C15H21BO3. The van der Waals surface area contributed by atoms with Crippen molar-refractivity contribution in [2.75, 3.05) is 0 Å². The predicted molar refractivity (Wildman–Crippen MR) is 75.4 cm³/mol. The van der Waals surface area contributed by atoms with Gasteiger partial charge in [-0.05, 0) is 51.2 Å². The highest BCUT2D eigenvalue weighted by Crippen LogP contribution is 2.37. The minimum absolute atomic E-state index is 0.164. The van der Waals surface area contributed by atoms with Crippen molar-refractivity contribution in [3.8, 4) is 0 Å². The third-order valence-electron chi connectivity index (χ3n) is 4.62. The third-order valence-corrected chi connectivity index (χ3v) is 4.62. The summed E-state index contributed by atoms with van der Waals surface area (Å²) in [6, 6.07) is 6.37. The van der Waals surface area contributed by atoms with Crippen molar-refractivity contribution in [2.24, 2.45) is 0 Å². The van der Waals surface area contributed by atoms with E-state index in [1.165, 1.54) is 11.1 Å². The molecule has 0 aromatic heterocycles. The van der Waals surface area contributed by atoms with Gasteiger partial charge < -0.3 is 14.0 Å². The quantitative estimate of drug-likeness (QED) is 0.726. The van der Waals surface area contributed by atoms with Gasteiger partial charge >= 0.3 is 7.12 Å². The average Bonchev–Trinajstić information content (AvgIpc) is 2.78. The van der Waals surface area contributed by atoms with Crippen LogP contribution in [0.15, 0.2) is 18.2 Å². The molecule has 2 aliphatic heterocycles. The van der Waals surface area contributed by atoms with Gasteiger partial charge in [0.05, 0.1) is 23.9 Å². The normalized spacial score (nSPS) is 27.6. The SMILES string of the molecule is CC1OCc2ccc(B3OC(C)(C)C(C)(C)O3)cc21. The van der Waals surface area contributed by atoms with E-state index in [1.807, 2.05) is 0 Å². The Bertz CT molecular complexity index is 494. The number of rotatable bonds is 1. The Kier molecular flexibility index (Phi) is 2.82. The van der Waals surface area contributed by atoms with E-state index >= 15 is 0 Å². The molecule has 1 fully saturated rings. The van der Waals surface area contributed by atoms with Gasteiger partial charge in [0.1, 0.15) is 0 Å². The van der Waals surface area contributed by atoms with E-state index in [0.29, 0.717) is 6.61 Å². The van der Waals surface area contributed by atoms with Crippen LogP contribution < -0.4 is 5.46 Å². The lowest BCUT2D eigenvalue weighted by Crippen LogP contribution is -2.41. The summed E-state index contributed by atoms with van der Waals surface area (Å²) in [7, 11) is -0.289. The zero-order valence-electron chi connectivity index (χ0n) is 12.3. The van der Waals surface area contributed by atoms with Crippen LogP contribution in [0, 0.1) is 0 Å². The van der Waals surface area contributed by atoms with Gasteiger partial charge in [0.15, 0.2) is 0 Å². The fraction of sp³-hybridized carbons (Fsp3) is 0.600. The molecule has 2 aliphatic rings. The van der Waals surface area contributed by atoms with E-state index in [2.05, 4.69) is 52.8 Å². The van der Waals surface area contributed by atoms with Crippen LogP contribution >= 0.6 is 0 Å². The van der Waals surface area contributed by atoms with Gasteiger partial charge in [0.25, 0.3) is 0 Å². The summed E-state index contributed by atoms with van der Waals surface area (Å²) in [4.78, 5) is 0. The summed E-state index contributed by atoms with van der Waals surface area (Å²) in [6.45, 7) is 11.1. The number of hydrogen-bond donors (Lipinski definition) is 0. The molecule has 1 aromatic rings. The predicted octanol–water partition coefficient (Wildman–Crippen LogP) is 2.58. The standard InChI is InChI=1S/C15H21BO3/c1-10-13-8-12(7-6-11(13)9-17-10)16-18-14(2,3)15(4,5)19-16/h6-8,10H,9H2,1-5H3. The monoisotopic (exact) mass is 260 g/mol. The maximum Gasteiger partial charge on any atom is 0.494 e. The molecular weight excluding hydrogens is 239 g/mol. The molecule has 3 nitrogen and oxygen atoms in total. The lowest BCUT2D eigenvalue weighted by Gasteiger charge is -2.32. The van der Waals surface area contributed by atoms with E-state index in [1.54, 1.807) is 0 Å². The van der Waals surface area contributed by atoms with Gasteiger partial charge in [-0.1, -0.05) is 18.2 Å². The Morgan fingerprint density at radius 2 is 1.74 bits per heavy atom. The molecule has 1 aromatic carbocycles. The van der Waals surface area contributed by atoms with Crippen LogP contribution in [-0.2, 0) is 20.7 Å². The number of hydrogen-bond acceptors (Lipinski definition) is 3. The lowest BCUT2D eigenvalue weighted by atomic mass is 9.77. The minimum atomic E-state index is -0.293. The Hall–Kier alpha value is -0.835. The van der Waals surface area contributed by atoms with E-state index < -0.39 is 0 Å². The second kappa shape index (κ2) is 4.08.